The van der Waals surface area contributed by atoms with Crippen LogP contribution in [0.15, 0.2) is 63.2 Å². The summed E-state index contributed by atoms with van der Waals surface area (Å²) < 4.78 is 6.24. The van der Waals surface area contributed by atoms with E-state index in [2.05, 4.69) is 15.5 Å². The highest BCUT2D eigenvalue weighted by Gasteiger charge is 2.15. The van der Waals surface area contributed by atoms with Crippen LogP contribution >= 0.6 is 11.6 Å². The van der Waals surface area contributed by atoms with Gasteiger partial charge in [-0.05, 0) is 43.3 Å². The minimum Gasteiger partial charge on any atom is -0.494 e. The summed E-state index contributed by atoms with van der Waals surface area (Å²) in [6.45, 7) is 2.31. The van der Waals surface area contributed by atoms with Crippen LogP contribution in [-0.4, -0.2) is 33.4 Å². The maximum absolute atomic E-state index is 12.2. The fourth-order valence-corrected chi connectivity index (χ4v) is 2.84. The van der Waals surface area contributed by atoms with E-state index in [9.17, 15) is 19.5 Å². The number of aromatic nitrogens is 2. The van der Waals surface area contributed by atoms with Gasteiger partial charge in [-0.2, -0.15) is 5.10 Å². The molecule has 1 aromatic heterocycles. The molecule has 2 aromatic carbocycles. The van der Waals surface area contributed by atoms with Gasteiger partial charge in [0.1, 0.15) is 11.3 Å². The van der Waals surface area contributed by atoms with E-state index in [0.717, 1.165) is 10.8 Å². The minimum atomic E-state index is -0.865. The number of aromatic amines is 1. The zero-order chi connectivity index (χ0) is 21.7. The molecule has 0 aliphatic heterocycles. The summed E-state index contributed by atoms with van der Waals surface area (Å²) >= 11 is 5.95. The van der Waals surface area contributed by atoms with E-state index in [1.165, 1.54) is 6.07 Å². The van der Waals surface area contributed by atoms with Crippen molar-refractivity contribution in [2.45, 2.75) is 6.92 Å². The zero-order valence-electron chi connectivity index (χ0n) is 15.8. The summed E-state index contributed by atoms with van der Waals surface area (Å²) in [7, 11) is 0. The molecule has 1 amide bonds. The third-order valence-corrected chi connectivity index (χ3v) is 4.33. The molecule has 10 heteroatoms. The van der Waals surface area contributed by atoms with Crippen LogP contribution in [0.3, 0.4) is 0 Å². The highest BCUT2D eigenvalue weighted by Crippen LogP contribution is 2.19. The number of rotatable bonds is 6. The molecule has 154 valence electrons. The maximum Gasteiger partial charge on any atom is 0.335 e. The molecule has 0 aliphatic carbocycles. The maximum atomic E-state index is 12.2. The fourth-order valence-electron chi connectivity index (χ4n) is 2.61. The van der Waals surface area contributed by atoms with Crippen molar-refractivity contribution in [2.24, 2.45) is 5.10 Å². The Balaban J connectivity index is 1.90. The molecule has 3 N–H and O–H groups in total. The molecule has 0 bridgehead atoms. The Labute approximate surface area is 175 Å². The lowest BCUT2D eigenvalue weighted by molar-refractivity contribution is 0.0955. The zero-order valence-corrected chi connectivity index (χ0v) is 16.5. The van der Waals surface area contributed by atoms with Crippen LogP contribution in [0.4, 0.5) is 0 Å². The summed E-state index contributed by atoms with van der Waals surface area (Å²) in [6.07, 6.45) is 0.938. The Morgan fingerprint density at radius 2 is 1.93 bits per heavy atom. The molecule has 9 nitrogen and oxygen atoms in total. The number of hydrogen-bond acceptors (Lipinski definition) is 6. The van der Waals surface area contributed by atoms with Crippen molar-refractivity contribution in [1.29, 1.82) is 0 Å². The van der Waals surface area contributed by atoms with Crippen LogP contribution in [0, 0.1) is 0 Å². The van der Waals surface area contributed by atoms with Crippen molar-refractivity contribution < 1.29 is 14.6 Å². The Morgan fingerprint density at radius 1 is 1.23 bits per heavy atom. The number of H-pyrrole nitrogens is 1. The van der Waals surface area contributed by atoms with Gasteiger partial charge in [0.15, 0.2) is 0 Å². The standard InChI is InChI=1S/C20H17ClN4O5/c1-2-30-13-9-7-12(8-10-13)25-19(28)15(17(26)23-20(25)29)11-22-24-18(27)14-5-3-4-6-16(14)21/h3-11,28H,2H2,1H3,(H,24,27)(H,23,26,29). The van der Waals surface area contributed by atoms with Gasteiger partial charge in [-0.15, -0.1) is 0 Å². The van der Waals surface area contributed by atoms with E-state index in [0.29, 0.717) is 18.0 Å². The summed E-state index contributed by atoms with van der Waals surface area (Å²) in [6, 6.07) is 12.7. The van der Waals surface area contributed by atoms with Crippen LogP contribution in [0.5, 0.6) is 11.6 Å². The SMILES string of the molecule is CCOc1ccc(-n2c(O)c(C=NNC(=O)c3ccccc3Cl)c(=O)[nH]c2=O)cc1. The number of benzene rings is 2. The smallest absolute Gasteiger partial charge is 0.335 e. The third-order valence-electron chi connectivity index (χ3n) is 4.01. The van der Waals surface area contributed by atoms with Crippen molar-refractivity contribution in [3.8, 4) is 17.3 Å². The molecule has 1 heterocycles. The number of hydrazone groups is 1. The van der Waals surface area contributed by atoms with Gasteiger partial charge in [-0.1, -0.05) is 23.7 Å². The number of halogens is 1. The number of carbonyl (C=O) groups excluding carboxylic acids is 1. The van der Waals surface area contributed by atoms with Gasteiger partial charge in [0.25, 0.3) is 11.5 Å². The molecule has 0 radical (unpaired) electrons. The van der Waals surface area contributed by atoms with E-state index in [4.69, 9.17) is 16.3 Å². The number of hydrogen-bond donors (Lipinski definition) is 3. The highest BCUT2D eigenvalue weighted by molar-refractivity contribution is 6.33. The first-order valence-corrected chi connectivity index (χ1v) is 9.19. The first kappa shape index (κ1) is 20.9. The van der Waals surface area contributed by atoms with Crippen molar-refractivity contribution >= 4 is 23.7 Å². The van der Waals surface area contributed by atoms with Crippen molar-refractivity contribution in [3.05, 3.63) is 85.5 Å². The number of amides is 1. The second kappa shape index (κ2) is 9.10. The van der Waals surface area contributed by atoms with Crippen LogP contribution in [0.2, 0.25) is 5.02 Å². The second-order valence-corrected chi connectivity index (χ2v) is 6.35. The Hall–Kier alpha value is -3.85. The number of nitrogens with one attached hydrogen (secondary N) is 2. The molecule has 3 aromatic rings. The van der Waals surface area contributed by atoms with E-state index in [1.807, 2.05) is 6.92 Å². The molecular formula is C20H17ClN4O5. The molecular weight excluding hydrogens is 412 g/mol. The largest absolute Gasteiger partial charge is 0.494 e. The van der Waals surface area contributed by atoms with Crippen LogP contribution in [-0.2, 0) is 0 Å². The molecule has 0 aliphatic rings. The lowest BCUT2D eigenvalue weighted by Crippen LogP contribution is -2.31. The predicted octanol–water partition coefficient (Wildman–Crippen LogP) is 2.05. The molecule has 3 rings (SSSR count). The lowest BCUT2D eigenvalue weighted by Gasteiger charge is -2.10. The first-order chi connectivity index (χ1) is 14.4. The Bertz CT molecular complexity index is 1220. The molecule has 0 saturated heterocycles. The average Bonchev–Trinajstić information content (AvgIpc) is 2.72. The molecule has 0 fully saturated rings. The van der Waals surface area contributed by atoms with Gasteiger partial charge in [0, 0.05) is 0 Å². The van der Waals surface area contributed by atoms with Crippen molar-refractivity contribution in [1.82, 2.24) is 15.0 Å². The first-order valence-electron chi connectivity index (χ1n) is 8.81. The van der Waals surface area contributed by atoms with Gasteiger partial charge in [-0.25, -0.2) is 14.8 Å². The fraction of sp³-hybridized carbons (Fsp3) is 0.100. The van der Waals surface area contributed by atoms with Gasteiger partial charge in [0.05, 0.1) is 29.1 Å². The summed E-state index contributed by atoms with van der Waals surface area (Å²) in [5, 5.41) is 14.4. The number of aromatic hydroxyl groups is 1. The summed E-state index contributed by atoms with van der Waals surface area (Å²) in [4.78, 5) is 38.6. The van der Waals surface area contributed by atoms with Gasteiger partial charge < -0.3 is 9.84 Å². The molecule has 30 heavy (non-hydrogen) atoms. The topological polar surface area (TPSA) is 126 Å². The highest BCUT2D eigenvalue weighted by atomic mass is 35.5. The van der Waals surface area contributed by atoms with Crippen molar-refractivity contribution in [3.63, 3.8) is 0 Å². The summed E-state index contributed by atoms with van der Waals surface area (Å²) in [5.41, 5.74) is 0.687. The minimum absolute atomic E-state index is 0.189. The lowest BCUT2D eigenvalue weighted by atomic mass is 10.2. The van der Waals surface area contributed by atoms with Gasteiger partial charge >= 0.3 is 5.69 Å². The number of nitrogens with zero attached hydrogens (tertiary/aromatic N) is 2. The average molecular weight is 429 g/mol. The van der Waals surface area contributed by atoms with Crippen LogP contribution in [0.1, 0.15) is 22.8 Å². The monoisotopic (exact) mass is 428 g/mol. The van der Waals surface area contributed by atoms with E-state index < -0.39 is 23.0 Å². The molecule has 0 spiro atoms. The number of ether oxygens (including phenoxy) is 1. The van der Waals surface area contributed by atoms with Crippen LogP contribution in [0.25, 0.3) is 5.69 Å². The van der Waals surface area contributed by atoms with Crippen LogP contribution < -0.4 is 21.4 Å². The molecule has 0 atom stereocenters. The Kier molecular flexibility index (Phi) is 6.33. The van der Waals surface area contributed by atoms with Crippen molar-refractivity contribution in [2.75, 3.05) is 6.61 Å². The third kappa shape index (κ3) is 4.41. The molecule has 0 saturated carbocycles. The van der Waals surface area contributed by atoms with E-state index >= 15 is 0 Å². The van der Waals surface area contributed by atoms with E-state index in [1.54, 1.807) is 42.5 Å². The summed E-state index contributed by atoms with van der Waals surface area (Å²) in [5.74, 6) is -0.654. The second-order valence-electron chi connectivity index (χ2n) is 5.94. The Morgan fingerprint density at radius 3 is 2.60 bits per heavy atom. The van der Waals surface area contributed by atoms with Gasteiger partial charge in [0.2, 0.25) is 5.88 Å². The molecule has 0 unspecified atom stereocenters. The number of carbonyl (C=O) groups is 1. The normalized spacial score (nSPS) is 10.9. The predicted molar refractivity (Wildman–Crippen MR) is 112 cm³/mol. The quantitative estimate of drug-likeness (QED) is 0.409. The van der Waals surface area contributed by atoms with Gasteiger partial charge in [-0.3, -0.25) is 14.6 Å². The van der Waals surface area contributed by atoms with E-state index in [-0.39, 0.29) is 16.1 Å².